The summed E-state index contributed by atoms with van der Waals surface area (Å²) in [5.41, 5.74) is 1.96. The number of ether oxygens (including phenoxy) is 1. The molecule has 31 heavy (non-hydrogen) atoms. The van der Waals surface area contributed by atoms with Crippen LogP contribution >= 0.6 is 0 Å². The Labute approximate surface area is 181 Å². The third-order valence-corrected chi connectivity index (χ3v) is 6.68. The first kappa shape index (κ1) is 20.7. The highest BCUT2D eigenvalue weighted by atomic mass is 32.2. The zero-order valence-corrected chi connectivity index (χ0v) is 18.2. The summed E-state index contributed by atoms with van der Waals surface area (Å²) in [6, 6.07) is 17.1. The number of aromatic nitrogens is 1. The number of oxazole rings is 1. The minimum absolute atomic E-state index is 0.00141. The van der Waals surface area contributed by atoms with E-state index in [9.17, 15) is 8.42 Å². The van der Waals surface area contributed by atoms with Crippen molar-refractivity contribution in [2.45, 2.75) is 25.3 Å². The maximum atomic E-state index is 13.6. The van der Waals surface area contributed by atoms with Crippen molar-refractivity contribution in [2.24, 2.45) is 0 Å². The average molecular weight is 439 g/mol. The van der Waals surface area contributed by atoms with Gasteiger partial charge in [0.1, 0.15) is 17.2 Å². The number of rotatable bonds is 7. The van der Waals surface area contributed by atoms with E-state index in [1.165, 1.54) is 10.6 Å². The molecule has 2 aromatic carbocycles. The van der Waals surface area contributed by atoms with E-state index in [1.807, 2.05) is 6.92 Å². The highest BCUT2D eigenvalue weighted by molar-refractivity contribution is 7.92. The zero-order chi connectivity index (χ0) is 22.0. The zero-order valence-electron chi connectivity index (χ0n) is 17.4. The molecule has 0 saturated heterocycles. The molecule has 0 radical (unpaired) electrons. The third-order valence-electron chi connectivity index (χ3n) is 4.89. The molecular formula is C23H22N2O5S. The van der Waals surface area contributed by atoms with Gasteiger partial charge < -0.3 is 13.6 Å². The van der Waals surface area contributed by atoms with Crippen LogP contribution in [0.3, 0.4) is 0 Å². The van der Waals surface area contributed by atoms with Crippen LogP contribution in [0.2, 0.25) is 0 Å². The Morgan fingerprint density at radius 1 is 1.00 bits per heavy atom. The van der Waals surface area contributed by atoms with Crippen molar-refractivity contribution in [1.82, 2.24) is 4.98 Å². The van der Waals surface area contributed by atoms with Crippen LogP contribution < -0.4 is 9.04 Å². The lowest BCUT2D eigenvalue weighted by atomic mass is 10.2. The van der Waals surface area contributed by atoms with E-state index in [4.69, 9.17) is 13.6 Å². The Morgan fingerprint density at radius 2 is 1.71 bits per heavy atom. The van der Waals surface area contributed by atoms with Crippen molar-refractivity contribution in [3.8, 4) is 17.4 Å². The van der Waals surface area contributed by atoms with Crippen LogP contribution in [0.15, 0.2) is 80.7 Å². The van der Waals surface area contributed by atoms with Gasteiger partial charge in [0.05, 0.1) is 30.5 Å². The van der Waals surface area contributed by atoms with E-state index in [0.717, 1.165) is 5.56 Å². The van der Waals surface area contributed by atoms with Crippen molar-refractivity contribution in [3.05, 3.63) is 83.9 Å². The summed E-state index contributed by atoms with van der Waals surface area (Å²) in [5, 5.41) is 0. The molecule has 2 heterocycles. The quantitative estimate of drug-likeness (QED) is 0.406. The maximum Gasteiger partial charge on any atom is 0.264 e. The Morgan fingerprint density at radius 3 is 2.32 bits per heavy atom. The lowest BCUT2D eigenvalue weighted by Crippen LogP contribution is -2.31. The van der Waals surface area contributed by atoms with Crippen LogP contribution in [0.1, 0.15) is 17.0 Å². The number of benzene rings is 2. The number of aryl methyl sites for hydroxylation is 2. The fraction of sp³-hybridized carbons (Fsp3) is 0.174. The fourth-order valence-electron chi connectivity index (χ4n) is 3.12. The first-order valence-corrected chi connectivity index (χ1v) is 11.1. The highest BCUT2D eigenvalue weighted by Crippen LogP contribution is 2.30. The monoisotopic (exact) mass is 438 g/mol. The van der Waals surface area contributed by atoms with Crippen molar-refractivity contribution in [1.29, 1.82) is 0 Å². The third kappa shape index (κ3) is 4.20. The molecule has 7 nitrogen and oxygen atoms in total. The Balaban J connectivity index is 1.76. The van der Waals surface area contributed by atoms with Crippen molar-refractivity contribution in [3.63, 3.8) is 0 Å². The number of sulfonamides is 1. The molecule has 0 aliphatic carbocycles. The molecule has 2 aromatic heterocycles. The van der Waals surface area contributed by atoms with E-state index < -0.39 is 10.0 Å². The minimum Gasteiger partial charge on any atom is -0.497 e. The SMILES string of the molecule is COc1ccc(N(Cc2nc(-c3ccco3)oc2C)S(=O)(=O)c2ccc(C)cc2)cc1. The first-order chi connectivity index (χ1) is 14.9. The molecule has 0 bridgehead atoms. The average Bonchev–Trinajstić information content (AvgIpc) is 3.42. The second-order valence-corrected chi connectivity index (χ2v) is 8.88. The summed E-state index contributed by atoms with van der Waals surface area (Å²) in [4.78, 5) is 4.68. The van der Waals surface area contributed by atoms with Crippen LogP contribution in [-0.2, 0) is 16.6 Å². The van der Waals surface area contributed by atoms with Gasteiger partial charge >= 0.3 is 0 Å². The Hall–Kier alpha value is -3.52. The second kappa shape index (κ2) is 8.31. The lowest BCUT2D eigenvalue weighted by Gasteiger charge is -2.24. The van der Waals surface area contributed by atoms with E-state index in [1.54, 1.807) is 74.7 Å². The first-order valence-electron chi connectivity index (χ1n) is 9.62. The fourth-order valence-corrected chi connectivity index (χ4v) is 4.54. The number of furan rings is 1. The van der Waals surface area contributed by atoms with E-state index in [-0.39, 0.29) is 11.4 Å². The highest BCUT2D eigenvalue weighted by Gasteiger charge is 2.27. The molecule has 4 rings (SSSR count). The topological polar surface area (TPSA) is 85.8 Å². The van der Waals surface area contributed by atoms with Crippen molar-refractivity contribution < 1.29 is 22.0 Å². The van der Waals surface area contributed by atoms with E-state index in [2.05, 4.69) is 4.98 Å². The predicted molar refractivity (Wildman–Crippen MR) is 116 cm³/mol. The van der Waals surface area contributed by atoms with Gasteiger partial charge in [-0.05, 0) is 62.4 Å². The molecule has 0 spiro atoms. The number of methoxy groups -OCH3 is 1. The molecule has 4 aromatic rings. The van der Waals surface area contributed by atoms with E-state index in [0.29, 0.717) is 34.5 Å². The Kier molecular flexibility index (Phi) is 5.56. The molecule has 8 heteroatoms. The van der Waals surface area contributed by atoms with Gasteiger partial charge in [-0.1, -0.05) is 17.7 Å². The number of nitrogens with zero attached hydrogens (tertiary/aromatic N) is 2. The summed E-state index contributed by atoms with van der Waals surface area (Å²) >= 11 is 0. The van der Waals surface area contributed by atoms with Gasteiger partial charge in [-0.25, -0.2) is 13.4 Å². The Bertz CT molecular complexity index is 1260. The van der Waals surface area contributed by atoms with Gasteiger partial charge in [0, 0.05) is 0 Å². The largest absolute Gasteiger partial charge is 0.497 e. The van der Waals surface area contributed by atoms with Gasteiger partial charge in [0.15, 0.2) is 5.76 Å². The predicted octanol–water partition coefficient (Wildman–Crippen LogP) is 4.96. The van der Waals surface area contributed by atoms with Gasteiger partial charge in [-0.2, -0.15) is 0 Å². The molecule has 0 aliphatic heterocycles. The van der Waals surface area contributed by atoms with Gasteiger partial charge in [0.25, 0.3) is 15.9 Å². The lowest BCUT2D eigenvalue weighted by molar-refractivity contribution is 0.415. The molecule has 0 unspecified atom stereocenters. The molecule has 0 atom stereocenters. The van der Waals surface area contributed by atoms with Crippen LogP contribution in [0, 0.1) is 13.8 Å². The standard InChI is InChI=1S/C23H22N2O5S/c1-16-6-12-20(13-7-16)31(26,27)25(18-8-10-19(28-3)11-9-18)15-21-17(2)30-23(24-21)22-5-4-14-29-22/h4-14H,15H2,1-3H3. The number of hydrogen-bond acceptors (Lipinski definition) is 6. The van der Waals surface area contributed by atoms with Crippen LogP contribution in [0.25, 0.3) is 11.7 Å². The van der Waals surface area contributed by atoms with Gasteiger partial charge in [0.2, 0.25) is 0 Å². The maximum absolute atomic E-state index is 13.6. The summed E-state index contributed by atoms with van der Waals surface area (Å²) in [6.07, 6.45) is 1.53. The number of hydrogen-bond donors (Lipinski definition) is 0. The van der Waals surface area contributed by atoms with Crippen LogP contribution in [0.4, 0.5) is 5.69 Å². The molecule has 0 N–H and O–H groups in total. The minimum atomic E-state index is -3.86. The molecule has 0 saturated carbocycles. The molecule has 0 fully saturated rings. The molecule has 0 aliphatic rings. The van der Waals surface area contributed by atoms with Crippen LogP contribution in [0.5, 0.6) is 5.75 Å². The summed E-state index contributed by atoms with van der Waals surface area (Å²) < 4.78 is 44.7. The molecule has 0 amide bonds. The summed E-state index contributed by atoms with van der Waals surface area (Å²) in [7, 11) is -2.30. The normalized spacial score (nSPS) is 11.5. The molecular weight excluding hydrogens is 416 g/mol. The van der Waals surface area contributed by atoms with Crippen LogP contribution in [-0.4, -0.2) is 20.5 Å². The van der Waals surface area contributed by atoms with Gasteiger partial charge in [-0.3, -0.25) is 4.31 Å². The van der Waals surface area contributed by atoms with Gasteiger partial charge in [-0.15, -0.1) is 0 Å². The number of anilines is 1. The second-order valence-electron chi connectivity index (χ2n) is 7.02. The van der Waals surface area contributed by atoms with E-state index >= 15 is 0 Å². The smallest absolute Gasteiger partial charge is 0.264 e. The summed E-state index contributed by atoms with van der Waals surface area (Å²) in [6.45, 7) is 3.66. The summed E-state index contributed by atoms with van der Waals surface area (Å²) in [5.74, 6) is 1.94. The molecule has 160 valence electrons. The van der Waals surface area contributed by atoms with Crippen molar-refractivity contribution >= 4 is 15.7 Å². The van der Waals surface area contributed by atoms with Crippen molar-refractivity contribution in [2.75, 3.05) is 11.4 Å².